The van der Waals surface area contributed by atoms with Crippen LogP contribution in [0.15, 0.2) is 23.0 Å². The van der Waals surface area contributed by atoms with Crippen LogP contribution in [0.1, 0.15) is 68.1 Å². The Balaban J connectivity index is 1.20. The predicted octanol–water partition coefficient (Wildman–Crippen LogP) is 3.73. The van der Waals surface area contributed by atoms with Gasteiger partial charge in [-0.05, 0) is 105 Å². The zero-order valence-corrected chi connectivity index (χ0v) is 24.4. The Labute approximate surface area is 249 Å². The molecule has 0 radical (unpaired) electrons. The van der Waals surface area contributed by atoms with Crippen molar-refractivity contribution in [2.75, 3.05) is 13.6 Å². The van der Waals surface area contributed by atoms with Crippen molar-refractivity contribution >= 4 is 34.8 Å². The van der Waals surface area contributed by atoms with E-state index >= 15 is 0 Å². The van der Waals surface area contributed by atoms with Gasteiger partial charge in [-0.1, -0.05) is 11.6 Å². The molecule has 224 valence electrons. The molecule has 1 unspecified atom stereocenters. The number of halogens is 1. The van der Waals surface area contributed by atoms with Gasteiger partial charge in [-0.15, -0.1) is 0 Å². The van der Waals surface area contributed by atoms with Crippen molar-refractivity contribution < 1.29 is 34.8 Å². The van der Waals surface area contributed by atoms with Crippen LogP contribution < -0.4 is 5.73 Å². The lowest BCUT2D eigenvalue weighted by Gasteiger charge is -2.57. The molecule has 9 nitrogen and oxygen atoms in total. The Hall–Kier alpha value is -2.88. The molecule has 5 fully saturated rings. The number of hydrogen-bond acceptors (Lipinski definition) is 8. The molecule has 42 heavy (non-hydrogen) atoms. The number of phenolic OH excluding ortho intramolecular Hbond substituents is 1. The summed E-state index contributed by atoms with van der Waals surface area (Å²) in [4.78, 5) is 40.4. The molecule has 0 aromatic heterocycles. The van der Waals surface area contributed by atoms with E-state index in [0.717, 1.165) is 29.9 Å². The summed E-state index contributed by atoms with van der Waals surface area (Å²) in [5.74, 6) is -3.89. The third kappa shape index (κ3) is 3.92. The van der Waals surface area contributed by atoms with E-state index < -0.39 is 52.0 Å². The Morgan fingerprint density at radius 1 is 1.05 bits per heavy atom. The maximum absolute atomic E-state index is 13.7. The minimum atomic E-state index is -2.57. The molecule has 10 heteroatoms. The third-order valence-corrected chi connectivity index (χ3v) is 11.8. The lowest BCUT2D eigenvalue weighted by Crippen LogP contribution is -2.58. The maximum Gasteiger partial charge on any atom is 0.255 e. The number of nitrogens with two attached hydrogens (primary N) is 1. The summed E-state index contributed by atoms with van der Waals surface area (Å²) in [6, 6.07) is 1.53. The Kier molecular flexibility index (Phi) is 6.19. The van der Waals surface area contributed by atoms with Gasteiger partial charge in [0.1, 0.15) is 22.8 Å². The van der Waals surface area contributed by atoms with Crippen molar-refractivity contribution in [1.29, 1.82) is 0 Å². The average molecular weight is 597 g/mol. The number of carbonyl (C=O) groups excluding carboxylic acids is 3. The van der Waals surface area contributed by atoms with Gasteiger partial charge >= 0.3 is 0 Å². The first kappa shape index (κ1) is 27.9. The fourth-order valence-electron chi connectivity index (χ4n) is 10.2. The number of nitrogens with zero attached hydrogens (tertiary/aromatic N) is 1. The van der Waals surface area contributed by atoms with Gasteiger partial charge in [-0.3, -0.25) is 14.4 Å². The summed E-state index contributed by atoms with van der Waals surface area (Å²) < 4.78 is 0. The second-order valence-corrected chi connectivity index (χ2v) is 14.6. The predicted molar refractivity (Wildman–Crippen MR) is 153 cm³/mol. The zero-order chi connectivity index (χ0) is 29.9. The number of primary amides is 1. The molecule has 7 aliphatic rings. The number of fused-ring (bicyclic) bond motifs is 3. The summed E-state index contributed by atoms with van der Waals surface area (Å²) in [5.41, 5.74) is 3.33. The van der Waals surface area contributed by atoms with Crippen molar-refractivity contribution in [1.82, 2.24) is 4.90 Å². The molecule has 3 atom stereocenters. The van der Waals surface area contributed by atoms with Gasteiger partial charge in [0, 0.05) is 36.0 Å². The molecule has 7 aliphatic carbocycles. The van der Waals surface area contributed by atoms with Crippen molar-refractivity contribution in [3.63, 3.8) is 0 Å². The summed E-state index contributed by atoms with van der Waals surface area (Å²) in [6.07, 6.45) is 7.92. The minimum Gasteiger partial charge on any atom is -0.508 e. The second kappa shape index (κ2) is 9.31. The molecular formula is C32H37ClN2O7. The molecule has 4 bridgehead atoms. The van der Waals surface area contributed by atoms with E-state index in [-0.39, 0.29) is 36.1 Å². The number of ketones is 2. The van der Waals surface area contributed by atoms with Crippen LogP contribution in [0.4, 0.5) is 0 Å². The van der Waals surface area contributed by atoms with Crippen LogP contribution in [0.2, 0.25) is 5.02 Å². The number of amides is 1. The van der Waals surface area contributed by atoms with Gasteiger partial charge in [-0.2, -0.15) is 0 Å². The highest BCUT2D eigenvalue weighted by molar-refractivity contribution is 6.32. The van der Waals surface area contributed by atoms with Crippen LogP contribution >= 0.6 is 11.6 Å². The van der Waals surface area contributed by atoms with E-state index in [4.69, 9.17) is 17.3 Å². The Morgan fingerprint density at radius 3 is 2.26 bits per heavy atom. The van der Waals surface area contributed by atoms with Crippen molar-refractivity contribution in [3.05, 3.63) is 44.7 Å². The van der Waals surface area contributed by atoms with Gasteiger partial charge in [0.05, 0.1) is 5.56 Å². The topological polar surface area (TPSA) is 161 Å². The normalized spacial score (nSPS) is 36.8. The van der Waals surface area contributed by atoms with Gasteiger partial charge in [0.2, 0.25) is 5.78 Å². The largest absolute Gasteiger partial charge is 0.508 e. The molecule has 5 saturated carbocycles. The summed E-state index contributed by atoms with van der Waals surface area (Å²) in [7, 11) is 2.09. The first-order valence-electron chi connectivity index (χ1n) is 15.0. The lowest BCUT2D eigenvalue weighted by molar-refractivity contribution is -0.147. The molecular weight excluding hydrogens is 560 g/mol. The molecule has 0 saturated heterocycles. The van der Waals surface area contributed by atoms with E-state index in [9.17, 15) is 34.8 Å². The molecule has 1 amide bonds. The maximum atomic E-state index is 13.7. The van der Waals surface area contributed by atoms with E-state index in [1.165, 1.54) is 44.6 Å². The molecule has 1 aromatic rings. The first-order chi connectivity index (χ1) is 19.8. The molecule has 8 rings (SSSR count). The monoisotopic (exact) mass is 596 g/mol. The highest BCUT2D eigenvalue weighted by Crippen LogP contribution is 2.60. The van der Waals surface area contributed by atoms with Crippen LogP contribution in [-0.2, 0) is 27.3 Å². The molecule has 0 spiro atoms. The molecule has 6 N–H and O–H groups in total. The standard InChI is InChI=1S/C32H37ClN2O7/c1-35(13-31-9-14-2-15(10-31)4-16(3-14)11-31)12-18-7-21(36)24-20(26(18)33)6-17-5-19-8-22(37)25(30(34)41)29(40)32(19,42)28(39)23(17)27(24)38/h7,14-17,19,36,38,40,42H,2-6,8-13H2,1H3,(H2,34,41)/t14?,15?,16?,17?,19-,31?,32-/m0/s1. The number of phenols is 1. The van der Waals surface area contributed by atoms with Crippen molar-refractivity contribution in [2.24, 2.45) is 40.7 Å². The zero-order valence-electron chi connectivity index (χ0n) is 23.7. The molecule has 0 heterocycles. The number of aromatic hydroxyl groups is 1. The van der Waals surface area contributed by atoms with E-state index in [0.29, 0.717) is 22.5 Å². The van der Waals surface area contributed by atoms with Gasteiger partial charge < -0.3 is 31.1 Å². The van der Waals surface area contributed by atoms with Gasteiger partial charge in [0.25, 0.3) is 5.91 Å². The minimum absolute atomic E-state index is 0.0274. The molecule has 1 aromatic carbocycles. The SMILES string of the molecule is CN(Cc1cc(O)c2c(c1Cl)CC1C[C@H]3CC(=O)C(C(N)=O)=C(O)[C@@]3(O)C(=O)C1=C2O)CC12CC3CC(CC(C3)C1)C2. The Bertz CT molecular complexity index is 1480. The number of rotatable bonds is 5. The van der Waals surface area contributed by atoms with Gasteiger partial charge in [-0.25, -0.2) is 0 Å². The van der Waals surface area contributed by atoms with E-state index in [1.807, 2.05) is 0 Å². The van der Waals surface area contributed by atoms with Crippen molar-refractivity contribution in [2.45, 2.75) is 69.9 Å². The van der Waals surface area contributed by atoms with E-state index in [2.05, 4.69) is 11.9 Å². The smallest absolute Gasteiger partial charge is 0.255 e. The number of carbonyl (C=O) groups is 3. The van der Waals surface area contributed by atoms with Crippen LogP contribution in [0.25, 0.3) is 5.76 Å². The Morgan fingerprint density at radius 2 is 1.67 bits per heavy atom. The van der Waals surface area contributed by atoms with E-state index in [1.54, 1.807) is 0 Å². The van der Waals surface area contributed by atoms with Crippen LogP contribution in [0.3, 0.4) is 0 Å². The van der Waals surface area contributed by atoms with Gasteiger partial charge in [0.15, 0.2) is 11.4 Å². The summed E-state index contributed by atoms with van der Waals surface area (Å²) in [5, 5.41) is 45.0. The highest BCUT2D eigenvalue weighted by Gasteiger charge is 2.60. The highest BCUT2D eigenvalue weighted by atomic mass is 35.5. The quantitative estimate of drug-likeness (QED) is 0.321. The lowest BCUT2D eigenvalue weighted by atomic mass is 9.49. The second-order valence-electron chi connectivity index (χ2n) is 14.2. The number of Topliss-reactive ketones (excluding diaryl/α,β-unsaturated/α-hetero) is 2. The number of benzene rings is 1. The van der Waals surface area contributed by atoms with Crippen LogP contribution in [0.5, 0.6) is 5.75 Å². The first-order valence-corrected chi connectivity index (χ1v) is 15.4. The van der Waals surface area contributed by atoms with Crippen LogP contribution in [0, 0.1) is 35.0 Å². The fourth-order valence-corrected chi connectivity index (χ4v) is 10.5. The summed E-state index contributed by atoms with van der Waals surface area (Å²) >= 11 is 6.96. The summed E-state index contributed by atoms with van der Waals surface area (Å²) in [6.45, 7) is 1.49. The number of aliphatic hydroxyl groups excluding tert-OH is 2. The van der Waals surface area contributed by atoms with Crippen LogP contribution in [-0.4, -0.2) is 62.0 Å². The fraction of sp³-hybridized carbons (Fsp3) is 0.594. The average Bonchev–Trinajstić information content (AvgIpc) is 2.87. The number of hydrogen-bond donors (Lipinski definition) is 5. The third-order valence-electron chi connectivity index (χ3n) is 11.3. The number of aliphatic hydroxyl groups is 3. The molecule has 0 aliphatic heterocycles. The van der Waals surface area contributed by atoms with Crippen molar-refractivity contribution in [3.8, 4) is 5.75 Å².